The van der Waals surface area contributed by atoms with E-state index < -0.39 is 52.3 Å². The number of benzene rings is 1. The van der Waals surface area contributed by atoms with Gasteiger partial charge in [0, 0.05) is 44.3 Å². The number of piperazine rings is 1. The third-order valence-electron chi connectivity index (χ3n) is 8.12. The van der Waals surface area contributed by atoms with Crippen LogP contribution in [0.25, 0.3) is 28.0 Å². The normalized spacial score (nSPS) is 15.0. The van der Waals surface area contributed by atoms with Crippen molar-refractivity contribution in [1.82, 2.24) is 24.8 Å². The Morgan fingerprint density at radius 3 is 2.48 bits per heavy atom. The van der Waals surface area contributed by atoms with Crippen molar-refractivity contribution < 1.29 is 27.9 Å². The number of carbonyl (C=O) groups is 2. The van der Waals surface area contributed by atoms with E-state index in [-0.39, 0.29) is 52.5 Å². The Bertz CT molecular complexity index is 1960. The molecule has 2 N–H and O–H groups in total. The first-order valence-corrected chi connectivity index (χ1v) is 15.0. The first kappa shape index (κ1) is 32.6. The van der Waals surface area contributed by atoms with Crippen LogP contribution in [0.5, 0.6) is 5.75 Å². The molecule has 1 fully saturated rings. The molecule has 5 rings (SSSR count). The molecule has 0 spiro atoms. The molecule has 0 radical (unpaired) electrons. The van der Waals surface area contributed by atoms with E-state index in [1.165, 1.54) is 24.1 Å². The number of fused-ring (bicyclic) bond motifs is 1. The average molecular weight is 651 g/mol. The van der Waals surface area contributed by atoms with Gasteiger partial charge in [-0.3, -0.25) is 19.1 Å². The molecule has 46 heavy (non-hydrogen) atoms. The van der Waals surface area contributed by atoms with Crippen LogP contribution in [0.15, 0.2) is 48.9 Å². The van der Waals surface area contributed by atoms with Gasteiger partial charge in [0.15, 0.2) is 11.6 Å². The van der Waals surface area contributed by atoms with Gasteiger partial charge in [0.2, 0.25) is 0 Å². The predicted molar refractivity (Wildman–Crippen MR) is 173 cm³/mol. The van der Waals surface area contributed by atoms with Crippen LogP contribution < -0.4 is 10.2 Å². The number of phenols is 1. The molecule has 1 atom stereocenters. The van der Waals surface area contributed by atoms with Gasteiger partial charge in [0.05, 0.1) is 28.2 Å². The molecule has 3 aromatic heterocycles. The summed E-state index contributed by atoms with van der Waals surface area (Å²) in [6.07, 6.45) is 1.65. The number of aromatic nitrogens is 3. The summed E-state index contributed by atoms with van der Waals surface area (Å²) in [5.74, 6) is -4.95. The molecule has 9 nitrogen and oxygen atoms in total. The first-order valence-electron chi connectivity index (χ1n) is 14.6. The van der Waals surface area contributed by atoms with Crippen LogP contribution in [-0.4, -0.2) is 69.1 Å². The van der Waals surface area contributed by atoms with Gasteiger partial charge >= 0.3 is 0 Å². The molecule has 0 bridgehead atoms. The van der Waals surface area contributed by atoms with Crippen molar-refractivity contribution in [2.24, 2.45) is 0 Å². The standard InChI is InChI=1S/C33H33F3N6O3S/c1-16(2)26-28(17(3)10-11-38-26)42-30-20(14-22(36)27(39-30)24-21(35)8-7-9-23(24)43)29(25(33(42)46)31(44)37-6)41-13-12-40(15-18(41)4)32(45)19(5)34/h7-11,14,16,18,43H,5,12-13,15H2,1-4,6H3,(H,37,44)/t18-/m0/s1. The highest BCUT2D eigenvalue weighted by Gasteiger charge is 2.34. The van der Waals surface area contributed by atoms with Gasteiger partial charge < -0.3 is 20.2 Å². The van der Waals surface area contributed by atoms with Crippen molar-refractivity contribution >= 4 is 40.8 Å². The van der Waals surface area contributed by atoms with Gasteiger partial charge in [-0.2, -0.15) is 0 Å². The maximum Gasteiger partial charge on any atom is 0.282 e. The minimum absolute atomic E-state index is 0.0329. The van der Waals surface area contributed by atoms with E-state index in [1.807, 2.05) is 20.8 Å². The van der Waals surface area contributed by atoms with Gasteiger partial charge in [0.25, 0.3) is 11.8 Å². The number of aromatic hydroxyl groups is 1. The molecular formula is C33H33F3N6O3S. The smallest absolute Gasteiger partial charge is 0.282 e. The number of rotatable bonds is 6. The van der Waals surface area contributed by atoms with Crippen molar-refractivity contribution in [1.29, 1.82) is 0 Å². The van der Waals surface area contributed by atoms with Gasteiger partial charge in [-0.1, -0.05) is 38.7 Å². The second-order valence-corrected chi connectivity index (χ2v) is 11.9. The Hall–Kier alpha value is -4.78. The van der Waals surface area contributed by atoms with Gasteiger partial charge in [0.1, 0.15) is 27.5 Å². The highest BCUT2D eigenvalue weighted by Crippen LogP contribution is 2.41. The van der Waals surface area contributed by atoms with Crippen LogP contribution in [0.3, 0.4) is 0 Å². The number of amides is 2. The largest absolute Gasteiger partial charge is 0.507 e. The molecule has 240 valence electrons. The monoisotopic (exact) mass is 650 g/mol. The van der Waals surface area contributed by atoms with Crippen molar-refractivity contribution in [2.75, 3.05) is 31.6 Å². The number of anilines is 1. The SMILES string of the molecule is C=C(F)C(=O)N1CCN(c2c(C(=O)NC)c(=S)n(-c3c(C)ccnc3C(C)C)c3nc(-c4c(O)cccc4F)c(F)cc23)[C@@H](C)C1. The number of hydrogen-bond acceptors (Lipinski definition) is 7. The van der Waals surface area contributed by atoms with Crippen LogP contribution in [0.2, 0.25) is 0 Å². The predicted octanol–water partition coefficient (Wildman–Crippen LogP) is 6.11. The lowest BCUT2D eigenvalue weighted by atomic mass is 10.0. The molecule has 0 unspecified atom stereocenters. The summed E-state index contributed by atoms with van der Waals surface area (Å²) in [5.41, 5.74) is 1.38. The van der Waals surface area contributed by atoms with Crippen LogP contribution in [-0.2, 0) is 4.79 Å². The minimum atomic E-state index is -1.09. The van der Waals surface area contributed by atoms with Crippen molar-refractivity contribution in [2.45, 2.75) is 39.7 Å². The van der Waals surface area contributed by atoms with Crippen molar-refractivity contribution in [3.8, 4) is 22.7 Å². The molecule has 1 aliphatic heterocycles. The summed E-state index contributed by atoms with van der Waals surface area (Å²) in [5, 5.41) is 13.4. The molecule has 0 aliphatic carbocycles. The average Bonchev–Trinajstić information content (AvgIpc) is 3.00. The summed E-state index contributed by atoms with van der Waals surface area (Å²) in [4.78, 5) is 38.4. The molecule has 13 heteroatoms. The number of nitrogens with zero attached hydrogens (tertiary/aromatic N) is 5. The first-order chi connectivity index (χ1) is 21.8. The third-order valence-corrected chi connectivity index (χ3v) is 8.50. The number of aryl methyl sites for hydroxylation is 1. The van der Waals surface area contributed by atoms with Crippen LogP contribution in [0.1, 0.15) is 48.3 Å². The van der Waals surface area contributed by atoms with E-state index in [0.29, 0.717) is 11.4 Å². The maximum atomic E-state index is 16.2. The van der Waals surface area contributed by atoms with Crippen molar-refractivity contribution in [3.05, 3.63) is 82.0 Å². The van der Waals surface area contributed by atoms with Crippen LogP contribution in [0.4, 0.5) is 18.9 Å². The zero-order chi connectivity index (χ0) is 33.6. The number of halogens is 3. The molecule has 1 aromatic carbocycles. The van der Waals surface area contributed by atoms with E-state index >= 15 is 8.78 Å². The summed E-state index contributed by atoms with van der Waals surface area (Å²) < 4.78 is 46.6. The number of nitrogens with one attached hydrogen (secondary N) is 1. The number of carbonyl (C=O) groups excluding carboxylic acids is 2. The Kier molecular flexibility index (Phi) is 8.89. The second-order valence-electron chi connectivity index (χ2n) is 11.5. The fraction of sp³-hybridized carbons (Fsp3) is 0.303. The maximum absolute atomic E-state index is 16.2. The van der Waals surface area contributed by atoms with Crippen LogP contribution in [0, 0.1) is 23.2 Å². The van der Waals surface area contributed by atoms with E-state index in [9.17, 15) is 19.1 Å². The molecule has 0 saturated carbocycles. The van der Waals surface area contributed by atoms with Gasteiger partial charge in [-0.25, -0.2) is 18.2 Å². The minimum Gasteiger partial charge on any atom is -0.507 e. The fourth-order valence-electron chi connectivity index (χ4n) is 5.96. The molecule has 2 amide bonds. The zero-order valence-corrected chi connectivity index (χ0v) is 26.8. The lowest BCUT2D eigenvalue weighted by Crippen LogP contribution is -2.54. The lowest BCUT2D eigenvalue weighted by molar-refractivity contribution is -0.129. The lowest BCUT2D eigenvalue weighted by Gasteiger charge is -2.42. The van der Waals surface area contributed by atoms with Crippen LogP contribution >= 0.6 is 12.2 Å². The Labute approximate surface area is 269 Å². The highest BCUT2D eigenvalue weighted by molar-refractivity contribution is 7.71. The summed E-state index contributed by atoms with van der Waals surface area (Å²) in [6.45, 7) is 10.9. The summed E-state index contributed by atoms with van der Waals surface area (Å²) in [7, 11) is 1.44. The number of pyridine rings is 3. The van der Waals surface area contributed by atoms with E-state index in [4.69, 9.17) is 12.2 Å². The third kappa shape index (κ3) is 5.48. The Balaban J connectivity index is 1.94. The van der Waals surface area contributed by atoms with Gasteiger partial charge in [-0.15, -0.1) is 0 Å². The number of hydrogen-bond donors (Lipinski definition) is 2. The number of phenolic OH excluding ortho intramolecular Hbond substituents is 1. The van der Waals surface area contributed by atoms with Gasteiger partial charge in [-0.05, 0) is 49.6 Å². The topological polar surface area (TPSA) is 104 Å². The molecule has 1 aliphatic rings. The molecule has 1 saturated heterocycles. The van der Waals surface area contributed by atoms with E-state index in [2.05, 4.69) is 21.9 Å². The quantitative estimate of drug-likeness (QED) is 0.192. The fourth-order valence-corrected chi connectivity index (χ4v) is 6.32. The zero-order valence-electron chi connectivity index (χ0n) is 26.0. The molecule has 4 aromatic rings. The molecular weight excluding hydrogens is 617 g/mol. The van der Waals surface area contributed by atoms with Crippen molar-refractivity contribution in [3.63, 3.8) is 0 Å². The summed E-state index contributed by atoms with van der Waals surface area (Å²) >= 11 is 6.05. The highest BCUT2D eigenvalue weighted by atomic mass is 32.1. The molecule has 4 heterocycles. The second kappa shape index (κ2) is 12.5. The van der Waals surface area contributed by atoms with E-state index in [1.54, 1.807) is 28.7 Å². The Morgan fingerprint density at radius 1 is 1.15 bits per heavy atom. The summed E-state index contributed by atoms with van der Waals surface area (Å²) in [6, 6.07) is 6.03. The Morgan fingerprint density at radius 2 is 1.87 bits per heavy atom. The van der Waals surface area contributed by atoms with E-state index in [0.717, 1.165) is 17.7 Å².